The zero-order valence-corrected chi connectivity index (χ0v) is 12.3. The van der Waals surface area contributed by atoms with Gasteiger partial charge in [0.05, 0.1) is 5.92 Å². The van der Waals surface area contributed by atoms with Gasteiger partial charge in [0.2, 0.25) is 5.91 Å². The van der Waals surface area contributed by atoms with Crippen molar-refractivity contribution in [2.75, 3.05) is 32.7 Å². The number of carbonyl (C=O) groups is 2. The third-order valence-corrected chi connectivity index (χ3v) is 3.97. The van der Waals surface area contributed by atoms with Crippen molar-refractivity contribution in [1.82, 2.24) is 9.80 Å². The molecule has 0 bridgehead atoms. The molecular formula is C14H26N2O3. The number of carbonyl (C=O) groups excluding carboxylic acids is 1. The van der Waals surface area contributed by atoms with E-state index in [9.17, 15) is 9.59 Å². The van der Waals surface area contributed by atoms with Gasteiger partial charge >= 0.3 is 5.97 Å². The summed E-state index contributed by atoms with van der Waals surface area (Å²) in [6.45, 7) is 9.41. The van der Waals surface area contributed by atoms with Crippen LogP contribution in [0.4, 0.5) is 0 Å². The molecule has 1 N–H and O–H groups in total. The van der Waals surface area contributed by atoms with Crippen molar-refractivity contribution in [2.45, 2.75) is 33.6 Å². The number of rotatable bonds is 6. The molecule has 0 aromatic rings. The molecule has 1 amide bonds. The van der Waals surface area contributed by atoms with Gasteiger partial charge in [-0.25, -0.2) is 0 Å². The third kappa shape index (κ3) is 4.49. The maximum atomic E-state index is 12.2. The van der Waals surface area contributed by atoms with Gasteiger partial charge in [0.1, 0.15) is 0 Å². The Labute approximate surface area is 115 Å². The average Bonchev–Trinajstić information content (AvgIpc) is 2.40. The van der Waals surface area contributed by atoms with E-state index in [2.05, 4.69) is 18.7 Å². The van der Waals surface area contributed by atoms with Crippen LogP contribution in [0.2, 0.25) is 0 Å². The van der Waals surface area contributed by atoms with Crippen LogP contribution >= 0.6 is 0 Å². The molecule has 1 unspecified atom stereocenters. The molecule has 1 heterocycles. The Bertz CT molecular complexity index is 308. The summed E-state index contributed by atoms with van der Waals surface area (Å²) in [5.41, 5.74) is 0. The predicted octanol–water partition coefficient (Wildman–Crippen LogP) is 1.29. The van der Waals surface area contributed by atoms with Crippen LogP contribution in [0.5, 0.6) is 0 Å². The zero-order chi connectivity index (χ0) is 14.4. The Morgan fingerprint density at radius 3 is 2.05 bits per heavy atom. The highest BCUT2D eigenvalue weighted by Crippen LogP contribution is 2.14. The fourth-order valence-corrected chi connectivity index (χ4v) is 2.51. The molecule has 1 fully saturated rings. The van der Waals surface area contributed by atoms with E-state index in [1.54, 1.807) is 6.92 Å². The van der Waals surface area contributed by atoms with Crippen LogP contribution in [0, 0.1) is 11.8 Å². The first-order valence-corrected chi connectivity index (χ1v) is 7.23. The molecule has 0 spiro atoms. The molecule has 1 aliphatic rings. The van der Waals surface area contributed by atoms with Gasteiger partial charge in [-0.05, 0) is 12.8 Å². The van der Waals surface area contributed by atoms with Gasteiger partial charge in [0, 0.05) is 38.6 Å². The molecule has 0 aromatic heterocycles. The van der Waals surface area contributed by atoms with Crippen molar-refractivity contribution in [3.8, 4) is 0 Å². The number of hydrogen-bond donors (Lipinski definition) is 1. The quantitative estimate of drug-likeness (QED) is 0.790. The third-order valence-electron chi connectivity index (χ3n) is 3.97. The van der Waals surface area contributed by atoms with Crippen LogP contribution in [0.1, 0.15) is 33.6 Å². The molecule has 110 valence electrons. The topological polar surface area (TPSA) is 60.9 Å². The molecule has 0 aromatic carbocycles. The number of nitrogens with zero attached hydrogens (tertiary/aromatic N) is 2. The van der Waals surface area contributed by atoms with Crippen molar-refractivity contribution in [1.29, 1.82) is 0 Å². The van der Waals surface area contributed by atoms with Gasteiger partial charge in [-0.2, -0.15) is 0 Å². The number of carboxylic acids is 1. The molecule has 19 heavy (non-hydrogen) atoms. The van der Waals surface area contributed by atoms with Gasteiger partial charge < -0.3 is 10.0 Å². The summed E-state index contributed by atoms with van der Waals surface area (Å²) < 4.78 is 0. The van der Waals surface area contributed by atoms with Crippen molar-refractivity contribution in [3.05, 3.63) is 0 Å². The van der Waals surface area contributed by atoms with Gasteiger partial charge in [-0.1, -0.05) is 20.8 Å². The highest BCUT2D eigenvalue weighted by molar-refractivity contribution is 5.78. The summed E-state index contributed by atoms with van der Waals surface area (Å²) in [7, 11) is 0. The lowest BCUT2D eigenvalue weighted by atomic mass is 10.0. The van der Waals surface area contributed by atoms with E-state index in [1.165, 1.54) is 0 Å². The molecular weight excluding hydrogens is 244 g/mol. The lowest BCUT2D eigenvalue weighted by molar-refractivity contribution is -0.143. The minimum atomic E-state index is -0.754. The van der Waals surface area contributed by atoms with Crippen LogP contribution in [-0.4, -0.2) is 59.5 Å². The molecule has 0 saturated carbocycles. The van der Waals surface area contributed by atoms with Crippen LogP contribution in [-0.2, 0) is 9.59 Å². The first-order valence-electron chi connectivity index (χ1n) is 7.23. The van der Waals surface area contributed by atoms with Crippen LogP contribution in [0.3, 0.4) is 0 Å². The highest BCUT2D eigenvalue weighted by atomic mass is 16.4. The smallest absolute Gasteiger partial charge is 0.307 e. The largest absolute Gasteiger partial charge is 0.481 e. The van der Waals surface area contributed by atoms with Crippen molar-refractivity contribution in [3.63, 3.8) is 0 Å². The molecule has 1 atom stereocenters. The Kier molecular flexibility index (Phi) is 6.28. The number of hydrogen-bond acceptors (Lipinski definition) is 3. The zero-order valence-electron chi connectivity index (χ0n) is 12.3. The van der Waals surface area contributed by atoms with Gasteiger partial charge in [-0.15, -0.1) is 0 Å². The van der Waals surface area contributed by atoms with Gasteiger partial charge in [-0.3, -0.25) is 14.5 Å². The minimum absolute atomic E-state index is 0.143. The fraction of sp³-hybridized carbons (Fsp3) is 0.857. The summed E-state index contributed by atoms with van der Waals surface area (Å²) in [5, 5.41) is 8.90. The van der Waals surface area contributed by atoms with Crippen LogP contribution < -0.4 is 0 Å². The summed E-state index contributed by atoms with van der Waals surface area (Å²) in [6.07, 6.45) is 1.79. The second-order valence-corrected chi connectivity index (χ2v) is 5.38. The molecule has 1 saturated heterocycles. The number of piperazine rings is 1. The van der Waals surface area contributed by atoms with Gasteiger partial charge in [0.25, 0.3) is 0 Å². The van der Waals surface area contributed by atoms with Crippen molar-refractivity contribution >= 4 is 11.9 Å². The van der Waals surface area contributed by atoms with E-state index in [4.69, 9.17) is 5.11 Å². The van der Waals surface area contributed by atoms with E-state index in [0.29, 0.717) is 6.54 Å². The summed E-state index contributed by atoms with van der Waals surface area (Å²) in [5.74, 6) is -0.697. The first-order chi connectivity index (χ1) is 8.99. The number of carboxylic acid groups (broad SMARTS) is 1. The SMILES string of the molecule is CCC(CC)C(=O)N1CCN(CC(C)C(=O)O)CC1. The lowest BCUT2D eigenvalue weighted by Crippen LogP contribution is -2.51. The molecule has 1 aliphatic heterocycles. The Morgan fingerprint density at radius 1 is 1.11 bits per heavy atom. The minimum Gasteiger partial charge on any atom is -0.481 e. The molecule has 0 aliphatic carbocycles. The fourth-order valence-electron chi connectivity index (χ4n) is 2.51. The highest BCUT2D eigenvalue weighted by Gasteiger charge is 2.26. The maximum Gasteiger partial charge on any atom is 0.307 e. The maximum absolute atomic E-state index is 12.2. The van der Waals surface area contributed by atoms with E-state index >= 15 is 0 Å². The Morgan fingerprint density at radius 2 is 1.63 bits per heavy atom. The van der Waals surface area contributed by atoms with E-state index in [0.717, 1.165) is 39.0 Å². The summed E-state index contributed by atoms with van der Waals surface area (Å²) >= 11 is 0. The molecule has 0 radical (unpaired) electrons. The molecule has 1 rings (SSSR count). The predicted molar refractivity (Wildman–Crippen MR) is 73.9 cm³/mol. The lowest BCUT2D eigenvalue weighted by Gasteiger charge is -2.36. The molecule has 5 heteroatoms. The van der Waals surface area contributed by atoms with Crippen molar-refractivity contribution < 1.29 is 14.7 Å². The second kappa shape index (κ2) is 7.48. The van der Waals surface area contributed by atoms with Crippen molar-refractivity contribution in [2.24, 2.45) is 11.8 Å². The Balaban J connectivity index is 2.40. The number of amides is 1. The first kappa shape index (κ1) is 16.0. The number of aliphatic carboxylic acids is 1. The van der Waals surface area contributed by atoms with E-state index < -0.39 is 5.97 Å². The average molecular weight is 270 g/mol. The van der Waals surface area contributed by atoms with E-state index in [1.807, 2.05) is 4.90 Å². The second-order valence-electron chi connectivity index (χ2n) is 5.38. The van der Waals surface area contributed by atoms with E-state index in [-0.39, 0.29) is 17.7 Å². The van der Waals surface area contributed by atoms with Crippen LogP contribution in [0.15, 0.2) is 0 Å². The summed E-state index contributed by atoms with van der Waals surface area (Å²) in [6, 6.07) is 0. The monoisotopic (exact) mass is 270 g/mol. The molecule has 5 nitrogen and oxygen atoms in total. The summed E-state index contributed by atoms with van der Waals surface area (Å²) in [4.78, 5) is 27.1. The van der Waals surface area contributed by atoms with Crippen LogP contribution in [0.25, 0.3) is 0 Å². The normalized spacial score (nSPS) is 18.6. The Hall–Kier alpha value is -1.10. The standard InChI is InChI=1S/C14H26N2O3/c1-4-12(5-2)13(17)16-8-6-15(7-9-16)10-11(3)14(18)19/h11-12H,4-10H2,1-3H3,(H,18,19). The van der Waals surface area contributed by atoms with Gasteiger partial charge in [0.15, 0.2) is 0 Å².